The van der Waals surface area contributed by atoms with Crippen LogP contribution in [0.25, 0.3) is 10.9 Å². The van der Waals surface area contributed by atoms with Crippen LogP contribution < -0.4 is 4.74 Å². The molecular formula is C15H16ClNO4. The summed E-state index contributed by atoms with van der Waals surface area (Å²) in [5.41, 5.74) is 0.804. The first-order valence-electron chi connectivity index (χ1n) is 6.63. The van der Waals surface area contributed by atoms with Gasteiger partial charge >= 0.3 is 6.09 Å². The molecule has 0 N–H and O–H groups in total. The van der Waals surface area contributed by atoms with Gasteiger partial charge in [-0.25, -0.2) is 4.79 Å². The summed E-state index contributed by atoms with van der Waals surface area (Å²) >= 11 is 6.20. The zero-order chi connectivity index (χ0) is 15.4. The van der Waals surface area contributed by atoms with Crippen molar-refractivity contribution in [2.75, 3.05) is 13.7 Å². The lowest BCUT2D eigenvalue weighted by atomic mass is 10.1. The average Bonchev–Trinajstić information content (AvgIpc) is 2.92. The van der Waals surface area contributed by atoms with Gasteiger partial charge in [-0.2, -0.15) is 0 Å². The van der Waals surface area contributed by atoms with E-state index in [4.69, 9.17) is 21.1 Å². The number of rotatable bonds is 5. The Labute approximate surface area is 127 Å². The third kappa shape index (κ3) is 2.88. The van der Waals surface area contributed by atoms with E-state index in [2.05, 4.69) is 0 Å². The summed E-state index contributed by atoms with van der Waals surface area (Å²) in [6.45, 7) is 2.36. The van der Waals surface area contributed by atoms with Crippen molar-refractivity contribution in [2.24, 2.45) is 0 Å². The molecule has 112 valence electrons. The lowest BCUT2D eigenvalue weighted by molar-refractivity contribution is 0.112. The molecule has 0 atom stereocenters. The van der Waals surface area contributed by atoms with Crippen molar-refractivity contribution in [3.05, 3.63) is 28.9 Å². The van der Waals surface area contributed by atoms with Gasteiger partial charge < -0.3 is 9.47 Å². The van der Waals surface area contributed by atoms with Gasteiger partial charge in [0.2, 0.25) is 0 Å². The van der Waals surface area contributed by atoms with Crippen LogP contribution in [0.15, 0.2) is 18.3 Å². The number of aldehydes is 1. The Morgan fingerprint density at radius 3 is 2.86 bits per heavy atom. The molecule has 0 saturated heterocycles. The second kappa shape index (κ2) is 6.63. The summed E-state index contributed by atoms with van der Waals surface area (Å²) in [7, 11) is 1.46. The lowest BCUT2D eigenvalue weighted by Crippen LogP contribution is -2.13. The molecule has 1 heterocycles. The fourth-order valence-corrected chi connectivity index (χ4v) is 2.40. The van der Waals surface area contributed by atoms with Crippen LogP contribution in [0.3, 0.4) is 0 Å². The van der Waals surface area contributed by atoms with Gasteiger partial charge in [0.05, 0.1) is 29.8 Å². The van der Waals surface area contributed by atoms with Crippen LogP contribution in [-0.4, -0.2) is 30.7 Å². The van der Waals surface area contributed by atoms with Crippen LogP contribution in [0, 0.1) is 0 Å². The van der Waals surface area contributed by atoms with Gasteiger partial charge in [0.15, 0.2) is 6.29 Å². The number of nitrogens with zero attached hydrogens (tertiary/aromatic N) is 1. The van der Waals surface area contributed by atoms with Crippen molar-refractivity contribution >= 4 is 34.9 Å². The fraction of sp³-hybridized carbons (Fsp3) is 0.333. The number of halogens is 1. The molecule has 0 fully saturated rings. The Hall–Kier alpha value is -2.01. The van der Waals surface area contributed by atoms with E-state index in [1.807, 2.05) is 6.92 Å². The van der Waals surface area contributed by atoms with Gasteiger partial charge in [0.25, 0.3) is 0 Å². The molecule has 0 unspecified atom stereocenters. The van der Waals surface area contributed by atoms with Gasteiger partial charge in [-0.05, 0) is 12.5 Å². The third-order valence-corrected chi connectivity index (χ3v) is 3.47. The SMILES string of the molecule is CCCCOC(=O)n1ccc2c(C=O)c(OC)cc(Cl)c21. The summed E-state index contributed by atoms with van der Waals surface area (Å²) in [5, 5.41) is 0.881. The number of hydrogen-bond donors (Lipinski definition) is 0. The quantitative estimate of drug-likeness (QED) is 0.621. The highest BCUT2D eigenvalue weighted by molar-refractivity contribution is 6.36. The molecule has 0 radical (unpaired) electrons. The Morgan fingerprint density at radius 2 is 2.24 bits per heavy atom. The van der Waals surface area contributed by atoms with Crippen molar-refractivity contribution in [1.29, 1.82) is 0 Å². The second-order valence-electron chi connectivity index (χ2n) is 4.51. The van der Waals surface area contributed by atoms with E-state index >= 15 is 0 Å². The van der Waals surface area contributed by atoms with Gasteiger partial charge in [-0.3, -0.25) is 9.36 Å². The Kier molecular flexibility index (Phi) is 4.85. The number of unbranched alkanes of at least 4 members (excludes halogenated alkanes) is 1. The predicted octanol–water partition coefficient (Wildman–Crippen LogP) is 3.90. The van der Waals surface area contributed by atoms with E-state index in [0.717, 1.165) is 12.8 Å². The lowest BCUT2D eigenvalue weighted by Gasteiger charge is -2.09. The molecule has 5 nitrogen and oxygen atoms in total. The molecule has 2 aromatic rings. The van der Waals surface area contributed by atoms with Crippen LogP contribution >= 0.6 is 11.6 Å². The van der Waals surface area contributed by atoms with E-state index in [0.29, 0.717) is 40.1 Å². The molecule has 6 heteroatoms. The fourth-order valence-electron chi connectivity index (χ4n) is 2.10. The van der Waals surface area contributed by atoms with Crippen LogP contribution in [0.2, 0.25) is 5.02 Å². The summed E-state index contributed by atoms with van der Waals surface area (Å²) < 4.78 is 11.6. The molecule has 0 saturated carbocycles. The van der Waals surface area contributed by atoms with Crippen molar-refractivity contribution in [3.8, 4) is 5.75 Å². The van der Waals surface area contributed by atoms with Gasteiger partial charge in [-0.1, -0.05) is 24.9 Å². The first-order valence-corrected chi connectivity index (χ1v) is 7.01. The zero-order valence-electron chi connectivity index (χ0n) is 11.9. The molecular weight excluding hydrogens is 294 g/mol. The first kappa shape index (κ1) is 15.4. The number of ether oxygens (including phenoxy) is 2. The smallest absolute Gasteiger partial charge is 0.418 e. The van der Waals surface area contributed by atoms with Crippen LogP contribution in [-0.2, 0) is 4.74 Å². The predicted molar refractivity (Wildman–Crippen MR) is 80.5 cm³/mol. The molecule has 21 heavy (non-hydrogen) atoms. The minimum Gasteiger partial charge on any atom is -0.496 e. The molecule has 0 aliphatic heterocycles. The minimum atomic E-state index is -0.512. The maximum atomic E-state index is 12.1. The zero-order valence-corrected chi connectivity index (χ0v) is 12.6. The Balaban J connectivity index is 2.48. The highest BCUT2D eigenvalue weighted by atomic mass is 35.5. The average molecular weight is 310 g/mol. The molecule has 0 bridgehead atoms. The first-order chi connectivity index (χ1) is 10.1. The summed E-state index contributed by atoms with van der Waals surface area (Å²) in [4.78, 5) is 23.3. The van der Waals surface area contributed by atoms with Crippen LogP contribution in [0.5, 0.6) is 5.75 Å². The van der Waals surface area contributed by atoms with Gasteiger partial charge in [0, 0.05) is 17.6 Å². The van der Waals surface area contributed by atoms with E-state index < -0.39 is 6.09 Å². The minimum absolute atomic E-state index is 0.324. The third-order valence-electron chi connectivity index (χ3n) is 3.18. The number of hydrogen-bond acceptors (Lipinski definition) is 4. The monoisotopic (exact) mass is 309 g/mol. The number of methoxy groups -OCH3 is 1. The number of carbonyl (C=O) groups excluding carboxylic acids is 2. The Morgan fingerprint density at radius 1 is 1.48 bits per heavy atom. The summed E-state index contributed by atoms with van der Waals surface area (Å²) in [5.74, 6) is 0.375. The number of aromatic nitrogens is 1. The van der Waals surface area contributed by atoms with Crippen molar-refractivity contribution in [1.82, 2.24) is 4.57 Å². The molecule has 1 aromatic heterocycles. The standard InChI is InChI=1S/C15H16ClNO4/c1-3-4-7-21-15(19)17-6-5-10-11(9-18)13(20-2)8-12(16)14(10)17/h5-6,8-9H,3-4,7H2,1-2H3. The summed E-state index contributed by atoms with van der Waals surface area (Å²) in [6.07, 6.45) is 3.45. The van der Waals surface area contributed by atoms with Crippen LogP contribution in [0.1, 0.15) is 30.1 Å². The largest absolute Gasteiger partial charge is 0.496 e. The van der Waals surface area contributed by atoms with Crippen LogP contribution in [0.4, 0.5) is 4.79 Å². The Bertz CT molecular complexity index is 678. The van der Waals surface area contributed by atoms with Crippen molar-refractivity contribution in [2.45, 2.75) is 19.8 Å². The second-order valence-corrected chi connectivity index (χ2v) is 4.92. The number of benzene rings is 1. The topological polar surface area (TPSA) is 57.5 Å². The van der Waals surface area contributed by atoms with Crippen molar-refractivity contribution < 1.29 is 19.1 Å². The van der Waals surface area contributed by atoms with E-state index in [1.54, 1.807) is 6.07 Å². The van der Waals surface area contributed by atoms with E-state index in [9.17, 15) is 9.59 Å². The van der Waals surface area contributed by atoms with E-state index in [1.165, 1.54) is 23.9 Å². The van der Waals surface area contributed by atoms with Gasteiger partial charge in [-0.15, -0.1) is 0 Å². The van der Waals surface area contributed by atoms with Crippen molar-refractivity contribution in [3.63, 3.8) is 0 Å². The normalized spacial score (nSPS) is 10.6. The highest BCUT2D eigenvalue weighted by Gasteiger charge is 2.18. The summed E-state index contributed by atoms with van der Waals surface area (Å²) in [6, 6.07) is 3.16. The molecule has 0 aliphatic carbocycles. The van der Waals surface area contributed by atoms with E-state index in [-0.39, 0.29) is 0 Å². The molecule has 0 aliphatic rings. The maximum absolute atomic E-state index is 12.1. The molecule has 1 aromatic carbocycles. The highest BCUT2D eigenvalue weighted by Crippen LogP contribution is 2.34. The maximum Gasteiger partial charge on any atom is 0.418 e. The number of carbonyl (C=O) groups is 2. The molecule has 0 spiro atoms. The number of fused-ring (bicyclic) bond motifs is 1. The van der Waals surface area contributed by atoms with Gasteiger partial charge in [0.1, 0.15) is 5.75 Å². The molecule has 0 amide bonds. The molecule has 2 rings (SSSR count).